The van der Waals surface area contributed by atoms with Crippen LogP contribution < -0.4 is 10.1 Å². The van der Waals surface area contributed by atoms with Gasteiger partial charge in [0.25, 0.3) is 0 Å². The van der Waals surface area contributed by atoms with Gasteiger partial charge in [-0.15, -0.1) is 0 Å². The molecule has 2 atom stereocenters. The van der Waals surface area contributed by atoms with E-state index in [1.807, 2.05) is 6.20 Å². The summed E-state index contributed by atoms with van der Waals surface area (Å²) >= 11 is 0. The molecular weight excluding hydrogens is 224 g/mol. The summed E-state index contributed by atoms with van der Waals surface area (Å²) in [5, 5.41) is 3.55. The van der Waals surface area contributed by atoms with Crippen LogP contribution in [0.4, 0.5) is 0 Å². The van der Waals surface area contributed by atoms with Gasteiger partial charge >= 0.3 is 0 Å². The molecule has 0 spiro atoms. The Morgan fingerprint density at radius 2 is 1.94 bits per heavy atom. The average molecular weight is 250 g/mol. The zero-order chi connectivity index (χ0) is 13.8. The molecule has 3 nitrogen and oxygen atoms in total. The van der Waals surface area contributed by atoms with Gasteiger partial charge in [-0.05, 0) is 50.8 Å². The topological polar surface area (TPSA) is 34.1 Å². The molecule has 3 heteroatoms. The Labute approximate surface area is 111 Å². The third-order valence-corrected chi connectivity index (χ3v) is 3.30. The van der Waals surface area contributed by atoms with Crippen molar-refractivity contribution in [1.82, 2.24) is 10.3 Å². The minimum Gasteiger partial charge on any atom is -0.495 e. The first-order valence-corrected chi connectivity index (χ1v) is 6.57. The van der Waals surface area contributed by atoms with Crippen LogP contribution in [0.5, 0.6) is 5.75 Å². The second-order valence-corrected chi connectivity index (χ2v) is 6.05. The highest BCUT2D eigenvalue weighted by Gasteiger charge is 2.18. The first kappa shape index (κ1) is 15.0. The summed E-state index contributed by atoms with van der Waals surface area (Å²) in [6.45, 7) is 12.1. The third-order valence-electron chi connectivity index (χ3n) is 3.30. The fourth-order valence-electron chi connectivity index (χ4n) is 1.77. The predicted molar refractivity (Wildman–Crippen MR) is 76.1 cm³/mol. The van der Waals surface area contributed by atoms with Gasteiger partial charge in [0.05, 0.1) is 13.3 Å². The van der Waals surface area contributed by atoms with Crippen LogP contribution in [0.25, 0.3) is 0 Å². The lowest BCUT2D eigenvalue weighted by molar-refractivity contribution is 0.358. The number of nitrogens with one attached hydrogen (secondary N) is 1. The van der Waals surface area contributed by atoms with Crippen LogP contribution in [0, 0.1) is 5.92 Å². The van der Waals surface area contributed by atoms with Crippen LogP contribution in [0.3, 0.4) is 0 Å². The van der Waals surface area contributed by atoms with Crippen LogP contribution >= 0.6 is 0 Å². The molecule has 0 amide bonds. The number of rotatable bonds is 5. The Morgan fingerprint density at radius 1 is 1.28 bits per heavy atom. The molecule has 0 bridgehead atoms. The summed E-state index contributed by atoms with van der Waals surface area (Å²) in [5.74, 6) is 1.84. The molecule has 0 aromatic carbocycles. The molecule has 0 aliphatic heterocycles. The number of pyridine rings is 1. The van der Waals surface area contributed by atoms with E-state index in [-0.39, 0.29) is 5.54 Å². The van der Waals surface area contributed by atoms with Crippen molar-refractivity contribution in [3.05, 3.63) is 24.0 Å². The van der Waals surface area contributed by atoms with E-state index >= 15 is 0 Å². The summed E-state index contributed by atoms with van der Waals surface area (Å²) in [6.07, 6.45) is 3.68. The van der Waals surface area contributed by atoms with Crippen molar-refractivity contribution in [3.8, 4) is 5.75 Å². The summed E-state index contributed by atoms with van der Waals surface area (Å²) in [6, 6.07) is 2.07. The lowest BCUT2D eigenvalue weighted by Gasteiger charge is -2.26. The van der Waals surface area contributed by atoms with Gasteiger partial charge in [-0.25, -0.2) is 0 Å². The fourth-order valence-corrected chi connectivity index (χ4v) is 1.77. The second-order valence-electron chi connectivity index (χ2n) is 6.05. The zero-order valence-corrected chi connectivity index (χ0v) is 12.4. The highest BCUT2D eigenvalue weighted by Crippen LogP contribution is 2.25. The number of methoxy groups -OCH3 is 1. The predicted octanol–water partition coefficient (Wildman–Crippen LogP) is 3.22. The Bertz CT molecular complexity index is 371. The van der Waals surface area contributed by atoms with Crippen molar-refractivity contribution < 1.29 is 4.74 Å². The van der Waals surface area contributed by atoms with Crippen molar-refractivity contribution in [2.75, 3.05) is 13.7 Å². The molecule has 18 heavy (non-hydrogen) atoms. The molecule has 1 aromatic heterocycles. The Balaban J connectivity index is 2.64. The third kappa shape index (κ3) is 4.65. The highest BCUT2D eigenvalue weighted by atomic mass is 16.5. The van der Waals surface area contributed by atoms with E-state index < -0.39 is 0 Å². The zero-order valence-electron chi connectivity index (χ0n) is 12.4. The van der Waals surface area contributed by atoms with E-state index in [2.05, 4.69) is 51.0 Å². The standard InChI is InChI=1S/C15H26N2O/c1-11(8-17-15(3,4)5)12(2)13-7-14(18-6)10-16-9-13/h7,9-12,17H,8H2,1-6H3. The van der Waals surface area contributed by atoms with E-state index in [4.69, 9.17) is 4.74 Å². The Kier molecular flexibility index (Phi) is 5.15. The normalized spacial score (nSPS) is 15.2. The van der Waals surface area contributed by atoms with Gasteiger partial charge in [-0.3, -0.25) is 4.98 Å². The molecule has 0 radical (unpaired) electrons. The van der Waals surface area contributed by atoms with Crippen molar-refractivity contribution in [3.63, 3.8) is 0 Å². The van der Waals surface area contributed by atoms with E-state index in [9.17, 15) is 0 Å². The van der Waals surface area contributed by atoms with Crippen molar-refractivity contribution in [2.24, 2.45) is 5.92 Å². The smallest absolute Gasteiger partial charge is 0.137 e. The van der Waals surface area contributed by atoms with Crippen molar-refractivity contribution in [2.45, 2.75) is 46.1 Å². The first-order valence-electron chi connectivity index (χ1n) is 6.57. The van der Waals surface area contributed by atoms with Gasteiger partial charge in [0, 0.05) is 11.7 Å². The minimum absolute atomic E-state index is 0.167. The van der Waals surface area contributed by atoms with Crippen LogP contribution in [0.15, 0.2) is 18.5 Å². The molecule has 102 valence electrons. The number of nitrogens with zero attached hydrogens (tertiary/aromatic N) is 1. The van der Waals surface area contributed by atoms with E-state index in [1.54, 1.807) is 13.3 Å². The Morgan fingerprint density at radius 3 is 2.50 bits per heavy atom. The number of aromatic nitrogens is 1. The molecule has 2 unspecified atom stereocenters. The molecule has 0 saturated heterocycles. The van der Waals surface area contributed by atoms with Crippen molar-refractivity contribution in [1.29, 1.82) is 0 Å². The molecular formula is C15H26N2O. The van der Waals surface area contributed by atoms with Gasteiger partial charge in [0.1, 0.15) is 5.75 Å². The highest BCUT2D eigenvalue weighted by molar-refractivity contribution is 5.26. The molecule has 1 heterocycles. The van der Waals surface area contributed by atoms with Gasteiger partial charge in [0.2, 0.25) is 0 Å². The van der Waals surface area contributed by atoms with Crippen molar-refractivity contribution >= 4 is 0 Å². The van der Waals surface area contributed by atoms with Crippen LogP contribution in [0.1, 0.15) is 46.1 Å². The van der Waals surface area contributed by atoms with Crippen LogP contribution in [0.2, 0.25) is 0 Å². The quantitative estimate of drug-likeness (QED) is 0.871. The summed E-state index contributed by atoms with van der Waals surface area (Å²) in [4.78, 5) is 4.22. The van der Waals surface area contributed by atoms with E-state index in [0.717, 1.165) is 12.3 Å². The van der Waals surface area contributed by atoms with Gasteiger partial charge in [-0.2, -0.15) is 0 Å². The summed E-state index contributed by atoms with van der Waals surface area (Å²) < 4.78 is 5.22. The van der Waals surface area contributed by atoms with Crippen LogP contribution in [-0.2, 0) is 0 Å². The van der Waals surface area contributed by atoms with Gasteiger partial charge < -0.3 is 10.1 Å². The molecule has 0 aliphatic rings. The van der Waals surface area contributed by atoms with Gasteiger partial charge in [0.15, 0.2) is 0 Å². The van der Waals surface area contributed by atoms with Gasteiger partial charge in [-0.1, -0.05) is 13.8 Å². The minimum atomic E-state index is 0.167. The van der Waals surface area contributed by atoms with Crippen LogP contribution in [-0.4, -0.2) is 24.2 Å². The maximum absolute atomic E-state index is 5.22. The SMILES string of the molecule is COc1cncc(C(C)C(C)CNC(C)(C)C)c1. The second kappa shape index (κ2) is 6.19. The Hall–Kier alpha value is -1.09. The monoisotopic (exact) mass is 250 g/mol. The number of hydrogen-bond donors (Lipinski definition) is 1. The average Bonchev–Trinajstić information content (AvgIpc) is 2.34. The first-order chi connectivity index (χ1) is 8.33. The van der Waals surface area contributed by atoms with E-state index in [1.165, 1.54) is 5.56 Å². The maximum atomic E-state index is 5.22. The van der Waals surface area contributed by atoms with E-state index in [0.29, 0.717) is 11.8 Å². The molecule has 0 saturated carbocycles. The largest absolute Gasteiger partial charge is 0.495 e. The lowest BCUT2D eigenvalue weighted by atomic mass is 9.89. The molecule has 0 fully saturated rings. The molecule has 1 aromatic rings. The number of hydrogen-bond acceptors (Lipinski definition) is 3. The molecule has 1 N–H and O–H groups in total. The maximum Gasteiger partial charge on any atom is 0.137 e. The number of ether oxygens (including phenoxy) is 1. The molecule has 0 aliphatic carbocycles. The fraction of sp³-hybridized carbons (Fsp3) is 0.667. The summed E-state index contributed by atoms with van der Waals surface area (Å²) in [5.41, 5.74) is 1.40. The lowest BCUT2D eigenvalue weighted by Crippen LogP contribution is -2.39. The molecule has 1 rings (SSSR count). The summed E-state index contributed by atoms with van der Waals surface area (Å²) in [7, 11) is 1.68.